The van der Waals surface area contributed by atoms with Gasteiger partial charge in [0.05, 0.1) is 6.07 Å². The van der Waals surface area contributed by atoms with Crippen LogP contribution in [0.5, 0.6) is 11.6 Å². The quantitative estimate of drug-likeness (QED) is 0.481. The summed E-state index contributed by atoms with van der Waals surface area (Å²) in [5, 5.41) is 0. The molecule has 17 heavy (non-hydrogen) atoms. The van der Waals surface area contributed by atoms with Gasteiger partial charge in [-0.05, 0) is 6.07 Å². The van der Waals surface area contributed by atoms with Gasteiger partial charge in [-0.25, -0.2) is 4.57 Å². The molecule has 0 spiro atoms. The molecule has 0 aromatic carbocycles. The van der Waals surface area contributed by atoms with E-state index in [1.807, 2.05) is 72.2 Å². The van der Waals surface area contributed by atoms with Crippen LogP contribution in [0.25, 0.3) is 0 Å². The SMILES string of the molecule is C[n+]1ccc(Oc2cccc[n+]2C)cc1.[F-].[F-]. The summed E-state index contributed by atoms with van der Waals surface area (Å²) in [5.41, 5.74) is 0. The third-order valence-electron chi connectivity index (χ3n) is 2.18. The van der Waals surface area contributed by atoms with Crippen LogP contribution in [0.3, 0.4) is 0 Å². The summed E-state index contributed by atoms with van der Waals surface area (Å²) < 4.78 is 9.62. The maximum Gasteiger partial charge on any atom is 0.373 e. The number of hydrogen-bond donors (Lipinski definition) is 0. The summed E-state index contributed by atoms with van der Waals surface area (Å²) in [6.07, 6.45) is 5.87. The van der Waals surface area contributed by atoms with E-state index in [9.17, 15) is 0 Å². The van der Waals surface area contributed by atoms with Crippen molar-refractivity contribution in [2.75, 3.05) is 0 Å². The van der Waals surface area contributed by atoms with E-state index in [0.717, 1.165) is 11.6 Å². The number of rotatable bonds is 2. The zero-order chi connectivity index (χ0) is 10.7. The van der Waals surface area contributed by atoms with Gasteiger partial charge in [0, 0.05) is 18.2 Å². The summed E-state index contributed by atoms with van der Waals surface area (Å²) in [5.74, 6) is 1.67. The molecule has 0 aliphatic rings. The van der Waals surface area contributed by atoms with Crippen LogP contribution in [-0.4, -0.2) is 0 Å². The summed E-state index contributed by atoms with van der Waals surface area (Å²) in [7, 11) is 3.94. The molecule has 0 fully saturated rings. The molecule has 92 valence electrons. The van der Waals surface area contributed by atoms with E-state index in [2.05, 4.69) is 0 Å². The Labute approximate surface area is 98.6 Å². The fourth-order valence-electron chi connectivity index (χ4n) is 1.29. The number of pyridine rings is 2. The molecule has 2 aromatic heterocycles. The van der Waals surface area contributed by atoms with Crippen LogP contribution in [0.15, 0.2) is 48.9 Å². The zero-order valence-corrected chi connectivity index (χ0v) is 9.68. The first-order valence-electron chi connectivity index (χ1n) is 4.83. The lowest BCUT2D eigenvalue weighted by Gasteiger charge is -2.01. The number of aryl methyl sites for hydroxylation is 2. The number of halogens is 2. The van der Waals surface area contributed by atoms with Crippen molar-refractivity contribution in [3.05, 3.63) is 48.9 Å². The Kier molecular flexibility index (Phi) is 5.74. The molecule has 2 heterocycles. The number of aromatic nitrogens is 2. The van der Waals surface area contributed by atoms with Crippen molar-refractivity contribution in [1.82, 2.24) is 0 Å². The molecule has 0 saturated carbocycles. The molecular weight excluding hydrogens is 226 g/mol. The highest BCUT2D eigenvalue weighted by Crippen LogP contribution is 2.14. The average Bonchev–Trinajstić information content (AvgIpc) is 2.25. The highest BCUT2D eigenvalue weighted by atomic mass is 19.0. The molecule has 0 bridgehead atoms. The van der Waals surface area contributed by atoms with Crippen molar-refractivity contribution < 1.29 is 23.3 Å². The van der Waals surface area contributed by atoms with Gasteiger partial charge < -0.3 is 14.1 Å². The second-order valence-electron chi connectivity index (χ2n) is 3.45. The zero-order valence-electron chi connectivity index (χ0n) is 9.68. The molecule has 0 radical (unpaired) electrons. The molecule has 0 aliphatic heterocycles. The minimum Gasteiger partial charge on any atom is -1.00 e. The molecule has 0 unspecified atom stereocenters. The van der Waals surface area contributed by atoms with Gasteiger partial charge in [-0.2, -0.15) is 4.57 Å². The largest absolute Gasteiger partial charge is 1.00 e. The van der Waals surface area contributed by atoms with Crippen LogP contribution in [0.1, 0.15) is 0 Å². The van der Waals surface area contributed by atoms with Crippen molar-refractivity contribution >= 4 is 0 Å². The molecule has 2 aromatic rings. The van der Waals surface area contributed by atoms with E-state index >= 15 is 0 Å². The fraction of sp³-hybridized carbons (Fsp3) is 0.167. The Morgan fingerprint density at radius 1 is 0.882 bits per heavy atom. The van der Waals surface area contributed by atoms with Gasteiger partial charge in [-0.15, -0.1) is 0 Å². The molecule has 0 saturated heterocycles. The van der Waals surface area contributed by atoms with Gasteiger partial charge in [0.1, 0.15) is 19.8 Å². The van der Waals surface area contributed by atoms with Crippen molar-refractivity contribution in [2.24, 2.45) is 14.1 Å². The van der Waals surface area contributed by atoms with Crippen LogP contribution in [0, 0.1) is 0 Å². The van der Waals surface area contributed by atoms with Crippen molar-refractivity contribution in [3.8, 4) is 11.6 Å². The Bertz CT molecular complexity index is 460. The minimum atomic E-state index is 0. The minimum absolute atomic E-state index is 0. The molecule has 0 amide bonds. The first-order chi connectivity index (χ1) is 7.25. The van der Waals surface area contributed by atoms with E-state index in [1.54, 1.807) is 0 Å². The van der Waals surface area contributed by atoms with Crippen LogP contribution >= 0.6 is 0 Å². The van der Waals surface area contributed by atoms with Gasteiger partial charge in [-0.1, -0.05) is 0 Å². The Balaban J connectivity index is 0.00000128. The van der Waals surface area contributed by atoms with Crippen LogP contribution in [0.4, 0.5) is 0 Å². The standard InChI is InChI=1S/C12H14N2O.2FH/c1-13-9-6-11(7-10-13)15-12-5-3-4-8-14(12)2;;/h3-10H,1-2H3;2*1H/q+2;;/p-2. The first kappa shape index (κ1) is 15.0. The van der Waals surface area contributed by atoms with Crippen LogP contribution in [0.2, 0.25) is 0 Å². The molecule has 5 heteroatoms. The highest BCUT2D eigenvalue weighted by molar-refractivity contribution is 5.20. The summed E-state index contributed by atoms with van der Waals surface area (Å²) in [6.45, 7) is 0. The number of ether oxygens (including phenoxy) is 1. The molecular formula is C12H14F2N2O. The van der Waals surface area contributed by atoms with Gasteiger partial charge in [0.25, 0.3) is 0 Å². The van der Waals surface area contributed by atoms with Crippen molar-refractivity contribution in [2.45, 2.75) is 0 Å². The van der Waals surface area contributed by atoms with E-state index in [-0.39, 0.29) is 9.41 Å². The van der Waals surface area contributed by atoms with E-state index < -0.39 is 0 Å². The number of hydrogen-bond acceptors (Lipinski definition) is 1. The predicted molar refractivity (Wildman–Crippen MR) is 55.3 cm³/mol. The van der Waals surface area contributed by atoms with Gasteiger partial charge in [0.2, 0.25) is 0 Å². The molecule has 2 rings (SSSR count). The number of nitrogens with zero attached hydrogens (tertiary/aromatic N) is 2. The third-order valence-corrected chi connectivity index (χ3v) is 2.18. The highest BCUT2D eigenvalue weighted by Gasteiger charge is 2.07. The topological polar surface area (TPSA) is 17.0 Å². The lowest BCUT2D eigenvalue weighted by atomic mass is 10.4. The summed E-state index contributed by atoms with van der Waals surface area (Å²) in [4.78, 5) is 0. The fourth-order valence-corrected chi connectivity index (χ4v) is 1.29. The molecule has 3 nitrogen and oxygen atoms in total. The first-order valence-corrected chi connectivity index (χ1v) is 4.83. The van der Waals surface area contributed by atoms with E-state index in [0.29, 0.717) is 0 Å². The van der Waals surface area contributed by atoms with Crippen LogP contribution < -0.4 is 23.3 Å². The van der Waals surface area contributed by atoms with Gasteiger partial charge in [0.15, 0.2) is 18.6 Å². The molecule has 0 aliphatic carbocycles. The maximum atomic E-state index is 5.71. The predicted octanol–water partition coefficient (Wildman–Crippen LogP) is -4.86. The maximum absolute atomic E-state index is 5.71. The average molecular weight is 240 g/mol. The monoisotopic (exact) mass is 240 g/mol. The lowest BCUT2D eigenvalue weighted by molar-refractivity contribution is -0.676. The van der Waals surface area contributed by atoms with Crippen LogP contribution in [-0.2, 0) is 14.1 Å². The second-order valence-corrected chi connectivity index (χ2v) is 3.45. The van der Waals surface area contributed by atoms with E-state index in [1.165, 1.54) is 0 Å². The Morgan fingerprint density at radius 2 is 1.53 bits per heavy atom. The van der Waals surface area contributed by atoms with Gasteiger partial charge in [-0.3, -0.25) is 0 Å². The Hall–Kier alpha value is -2.04. The lowest BCUT2D eigenvalue weighted by Crippen LogP contribution is -3.00. The van der Waals surface area contributed by atoms with Gasteiger partial charge >= 0.3 is 5.88 Å². The third kappa shape index (κ3) is 3.79. The van der Waals surface area contributed by atoms with Crippen molar-refractivity contribution in [3.63, 3.8) is 0 Å². The Morgan fingerprint density at radius 3 is 2.12 bits per heavy atom. The smallest absolute Gasteiger partial charge is 0.373 e. The molecule has 0 N–H and O–H groups in total. The second kappa shape index (κ2) is 6.52. The normalized spacial score (nSPS) is 8.82. The van der Waals surface area contributed by atoms with E-state index in [4.69, 9.17) is 4.74 Å². The summed E-state index contributed by atoms with van der Waals surface area (Å²) >= 11 is 0. The van der Waals surface area contributed by atoms with Crippen molar-refractivity contribution in [1.29, 1.82) is 0 Å². The molecule has 0 atom stereocenters. The summed E-state index contributed by atoms with van der Waals surface area (Å²) in [6, 6.07) is 9.74.